The van der Waals surface area contributed by atoms with Gasteiger partial charge in [-0.15, -0.1) is 0 Å². The Balaban J connectivity index is 1.78. The second-order valence-electron chi connectivity index (χ2n) is 6.27. The van der Waals surface area contributed by atoms with Crippen LogP contribution in [0.15, 0.2) is 42.7 Å². The van der Waals surface area contributed by atoms with Crippen LogP contribution >= 0.6 is 22.6 Å². The van der Waals surface area contributed by atoms with Gasteiger partial charge in [0.2, 0.25) is 5.88 Å². The Morgan fingerprint density at radius 2 is 1.76 bits per heavy atom. The van der Waals surface area contributed by atoms with E-state index in [0.29, 0.717) is 48.5 Å². The van der Waals surface area contributed by atoms with Gasteiger partial charge in [-0.2, -0.15) is 0 Å². The zero-order valence-electron chi connectivity index (χ0n) is 16.3. The van der Waals surface area contributed by atoms with Crippen LogP contribution in [0.25, 0.3) is 0 Å². The normalized spacial score (nSPS) is 10.6. The summed E-state index contributed by atoms with van der Waals surface area (Å²) in [4.78, 5) is 8.28. The highest BCUT2D eigenvalue weighted by Crippen LogP contribution is 2.32. The van der Waals surface area contributed by atoms with E-state index in [9.17, 15) is 0 Å². The minimum Gasteiger partial charge on any atom is -0.490 e. The smallest absolute Gasteiger partial charge is 0.212 e. The number of benzene rings is 1. The Kier molecular flexibility index (Phi) is 6.97. The minimum atomic E-state index is 0.346. The van der Waals surface area contributed by atoms with Crippen molar-refractivity contribution in [2.75, 3.05) is 25.2 Å². The topological polar surface area (TPSA) is 106 Å². The molecular formula is C21H23IN4O3. The van der Waals surface area contributed by atoms with Crippen LogP contribution in [0, 0.1) is 3.57 Å². The fourth-order valence-electron chi connectivity index (χ4n) is 2.77. The van der Waals surface area contributed by atoms with E-state index >= 15 is 0 Å². The molecule has 0 fully saturated rings. The lowest BCUT2D eigenvalue weighted by Gasteiger charge is -2.15. The molecule has 0 unspecified atom stereocenters. The van der Waals surface area contributed by atoms with Gasteiger partial charge in [-0.25, -0.2) is 9.97 Å². The molecule has 0 amide bonds. The number of nitrogens with zero attached hydrogens (tertiary/aromatic N) is 2. The fourth-order valence-corrected chi connectivity index (χ4v) is 3.39. The molecule has 29 heavy (non-hydrogen) atoms. The highest BCUT2D eigenvalue weighted by atomic mass is 127. The summed E-state index contributed by atoms with van der Waals surface area (Å²) < 4.78 is 17.8. The van der Waals surface area contributed by atoms with Crippen LogP contribution in [-0.4, -0.2) is 23.7 Å². The maximum Gasteiger partial charge on any atom is 0.212 e. The number of ether oxygens (including phenoxy) is 3. The maximum absolute atomic E-state index is 6.13. The molecule has 3 rings (SSSR count). The van der Waals surface area contributed by atoms with E-state index in [1.54, 1.807) is 25.6 Å². The van der Waals surface area contributed by atoms with Gasteiger partial charge in [-0.1, -0.05) is 6.07 Å². The molecule has 152 valence electrons. The molecule has 3 aromatic rings. The Bertz CT molecular complexity index is 980. The molecular weight excluding hydrogens is 483 g/mol. The van der Waals surface area contributed by atoms with Gasteiger partial charge in [-0.3, -0.25) is 0 Å². The monoisotopic (exact) mass is 506 g/mol. The number of anilines is 2. The lowest BCUT2D eigenvalue weighted by molar-refractivity contribution is 0.268. The lowest BCUT2D eigenvalue weighted by atomic mass is 10.0. The molecule has 0 aliphatic heterocycles. The summed E-state index contributed by atoms with van der Waals surface area (Å²) in [6.45, 7) is 2.85. The number of hydrogen-bond acceptors (Lipinski definition) is 7. The van der Waals surface area contributed by atoms with Crippen molar-refractivity contribution in [1.82, 2.24) is 9.97 Å². The molecule has 0 saturated heterocycles. The van der Waals surface area contributed by atoms with Crippen molar-refractivity contribution in [3.05, 3.63) is 63.0 Å². The molecule has 0 saturated carbocycles. The first-order valence-electron chi connectivity index (χ1n) is 9.07. The standard InChI is InChI=1S/C21H23IN4O3/c1-3-28-18-9-13(8-15-16(22)11-26-21(24)20(15)23)4-6-17(18)29-12-14-5-7-19(27-2)25-10-14/h4-7,9-11H,3,8,12,23H2,1-2H3,(H2,24,26). The van der Waals surface area contributed by atoms with E-state index in [1.165, 1.54) is 0 Å². The van der Waals surface area contributed by atoms with Crippen molar-refractivity contribution in [2.24, 2.45) is 0 Å². The Hall–Kier alpha value is -2.75. The van der Waals surface area contributed by atoms with Gasteiger partial charge >= 0.3 is 0 Å². The van der Waals surface area contributed by atoms with E-state index in [1.807, 2.05) is 31.2 Å². The van der Waals surface area contributed by atoms with Crippen molar-refractivity contribution < 1.29 is 14.2 Å². The van der Waals surface area contributed by atoms with Crippen LogP contribution in [0.4, 0.5) is 11.5 Å². The number of aromatic nitrogens is 2. The summed E-state index contributed by atoms with van der Waals surface area (Å²) in [5, 5.41) is 0. The third-order valence-corrected chi connectivity index (χ3v) is 5.23. The largest absolute Gasteiger partial charge is 0.490 e. The summed E-state index contributed by atoms with van der Waals surface area (Å²) in [5.41, 5.74) is 15.4. The zero-order valence-corrected chi connectivity index (χ0v) is 18.5. The van der Waals surface area contributed by atoms with E-state index in [2.05, 4.69) is 32.6 Å². The second kappa shape index (κ2) is 9.64. The average molecular weight is 506 g/mol. The molecule has 1 aromatic carbocycles. The van der Waals surface area contributed by atoms with Gasteiger partial charge in [0.1, 0.15) is 12.4 Å². The third kappa shape index (κ3) is 5.20. The van der Waals surface area contributed by atoms with Gasteiger partial charge in [0.25, 0.3) is 0 Å². The van der Waals surface area contributed by atoms with Crippen LogP contribution < -0.4 is 25.7 Å². The number of nitrogen functional groups attached to an aromatic ring is 2. The second-order valence-corrected chi connectivity index (χ2v) is 7.43. The molecule has 0 bridgehead atoms. The number of halogens is 1. The van der Waals surface area contributed by atoms with Crippen LogP contribution in [0.1, 0.15) is 23.6 Å². The molecule has 7 nitrogen and oxygen atoms in total. The number of methoxy groups -OCH3 is 1. The van der Waals surface area contributed by atoms with E-state index in [4.69, 9.17) is 25.7 Å². The molecule has 2 aromatic heterocycles. The number of pyridine rings is 2. The number of hydrogen-bond donors (Lipinski definition) is 2. The third-order valence-electron chi connectivity index (χ3n) is 4.30. The van der Waals surface area contributed by atoms with Crippen LogP contribution in [0.5, 0.6) is 17.4 Å². The average Bonchev–Trinajstić information content (AvgIpc) is 2.74. The molecule has 0 spiro atoms. The molecule has 0 atom stereocenters. The van der Waals surface area contributed by atoms with E-state index in [-0.39, 0.29) is 0 Å². The highest BCUT2D eigenvalue weighted by Gasteiger charge is 2.13. The Morgan fingerprint density at radius 3 is 2.45 bits per heavy atom. The SMILES string of the molecule is CCOc1cc(Cc2c(I)cnc(N)c2N)ccc1OCc1ccc(OC)nc1. The quantitative estimate of drug-likeness (QED) is 0.448. The molecule has 8 heteroatoms. The van der Waals surface area contributed by atoms with Crippen LogP contribution in [0.2, 0.25) is 0 Å². The maximum atomic E-state index is 6.13. The van der Waals surface area contributed by atoms with Gasteiger partial charge in [0, 0.05) is 34.0 Å². The highest BCUT2D eigenvalue weighted by molar-refractivity contribution is 14.1. The van der Waals surface area contributed by atoms with Crippen LogP contribution in [-0.2, 0) is 13.0 Å². The molecule has 0 aliphatic rings. The summed E-state index contributed by atoms with van der Waals surface area (Å²) in [7, 11) is 1.59. The van der Waals surface area contributed by atoms with Gasteiger partial charge in [-0.05, 0) is 58.8 Å². The zero-order chi connectivity index (χ0) is 20.8. The predicted octanol–water partition coefficient (Wildman–Crippen LogP) is 3.82. The minimum absolute atomic E-state index is 0.346. The van der Waals surface area contributed by atoms with Crippen LogP contribution in [0.3, 0.4) is 0 Å². The molecule has 0 aliphatic carbocycles. The van der Waals surface area contributed by atoms with Gasteiger partial charge in [0.05, 0.1) is 19.4 Å². The van der Waals surface area contributed by atoms with Crippen molar-refractivity contribution in [1.29, 1.82) is 0 Å². The molecule has 2 heterocycles. The van der Waals surface area contributed by atoms with E-state index < -0.39 is 0 Å². The Labute approximate surface area is 183 Å². The summed E-state index contributed by atoms with van der Waals surface area (Å²) in [6, 6.07) is 9.59. The predicted molar refractivity (Wildman–Crippen MR) is 121 cm³/mol. The van der Waals surface area contributed by atoms with Crippen molar-refractivity contribution in [3.63, 3.8) is 0 Å². The lowest BCUT2D eigenvalue weighted by Crippen LogP contribution is -2.06. The first-order chi connectivity index (χ1) is 14.0. The van der Waals surface area contributed by atoms with Crippen molar-refractivity contribution >= 4 is 34.1 Å². The molecule has 4 N–H and O–H groups in total. The van der Waals surface area contributed by atoms with Gasteiger partial charge in [0.15, 0.2) is 11.5 Å². The first-order valence-corrected chi connectivity index (χ1v) is 10.2. The number of nitrogens with two attached hydrogens (primary N) is 2. The molecule has 0 radical (unpaired) electrons. The van der Waals surface area contributed by atoms with Crippen molar-refractivity contribution in [3.8, 4) is 17.4 Å². The van der Waals surface area contributed by atoms with Crippen molar-refractivity contribution in [2.45, 2.75) is 20.0 Å². The Morgan fingerprint density at radius 1 is 0.966 bits per heavy atom. The number of rotatable bonds is 8. The summed E-state index contributed by atoms with van der Waals surface area (Å²) >= 11 is 2.22. The fraction of sp³-hybridized carbons (Fsp3) is 0.238. The summed E-state index contributed by atoms with van der Waals surface area (Å²) in [5.74, 6) is 2.27. The first kappa shape index (κ1) is 21.0. The summed E-state index contributed by atoms with van der Waals surface area (Å²) in [6.07, 6.45) is 4.08. The van der Waals surface area contributed by atoms with Gasteiger partial charge < -0.3 is 25.7 Å². The van der Waals surface area contributed by atoms with E-state index in [0.717, 1.165) is 20.3 Å².